The van der Waals surface area contributed by atoms with Gasteiger partial charge in [-0.1, -0.05) is 11.3 Å². The van der Waals surface area contributed by atoms with Crippen molar-refractivity contribution in [1.82, 2.24) is 9.38 Å². The standard InChI is InChI=1S/C13H15N3OS/c1-3-17-9-4-5-11-12(6-9)18-13-15-10(8(2)14)7-16(11)13/h4-8H,3,14H2,1-2H3. The number of thiazole rings is 1. The lowest BCUT2D eigenvalue weighted by molar-refractivity contribution is 0.341. The van der Waals surface area contributed by atoms with E-state index in [1.54, 1.807) is 11.3 Å². The van der Waals surface area contributed by atoms with Gasteiger partial charge < -0.3 is 10.5 Å². The lowest BCUT2D eigenvalue weighted by atomic mass is 10.3. The van der Waals surface area contributed by atoms with Crippen molar-refractivity contribution in [3.63, 3.8) is 0 Å². The predicted octanol–water partition coefficient (Wildman–Crippen LogP) is 2.97. The maximum atomic E-state index is 5.85. The van der Waals surface area contributed by atoms with E-state index < -0.39 is 0 Å². The Morgan fingerprint density at radius 3 is 3.06 bits per heavy atom. The molecule has 0 bridgehead atoms. The van der Waals surface area contributed by atoms with Crippen LogP contribution in [0.15, 0.2) is 24.4 Å². The third-order valence-corrected chi connectivity index (χ3v) is 3.88. The Bertz CT molecular complexity index is 699. The third kappa shape index (κ3) is 1.76. The highest BCUT2D eigenvalue weighted by Crippen LogP contribution is 2.30. The van der Waals surface area contributed by atoms with Gasteiger partial charge in [-0.15, -0.1) is 0 Å². The van der Waals surface area contributed by atoms with E-state index in [1.165, 1.54) is 4.70 Å². The molecule has 1 atom stereocenters. The van der Waals surface area contributed by atoms with E-state index in [0.717, 1.165) is 21.9 Å². The molecule has 3 aromatic rings. The van der Waals surface area contributed by atoms with Crippen LogP contribution in [-0.4, -0.2) is 16.0 Å². The summed E-state index contributed by atoms with van der Waals surface area (Å²) in [4.78, 5) is 5.52. The molecule has 0 aliphatic carbocycles. The van der Waals surface area contributed by atoms with Crippen LogP contribution in [0.1, 0.15) is 25.6 Å². The monoisotopic (exact) mass is 261 g/mol. The molecule has 18 heavy (non-hydrogen) atoms. The molecule has 2 N–H and O–H groups in total. The molecule has 5 heteroatoms. The highest BCUT2D eigenvalue weighted by atomic mass is 32.1. The van der Waals surface area contributed by atoms with Crippen LogP contribution < -0.4 is 10.5 Å². The zero-order valence-corrected chi connectivity index (χ0v) is 11.2. The number of imidazole rings is 1. The zero-order chi connectivity index (χ0) is 12.7. The van der Waals surface area contributed by atoms with Crippen molar-refractivity contribution in [2.24, 2.45) is 5.73 Å². The molecule has 2 aromatic heterocycles. The average Bonchev–Trinajstić information content (AvgIpc) is 2.85. The van der Waals surface area contributed by atoms with Crippen LogP contribution in [0.3, 0.4) is 0 Å². The van der Waals surface area contributed by atoms with Crippen molar-refractivity contribution in [2.45, 2.75) is 19.9 Å². The summed E-state index contributed by atoms with van der Waals surface area (Å²) in [5.74, 6) is 0.905. The van der Waals surface area contributed by atoms with Gasteiger partial charge in [-0.2, -0.15) is 0 Å². The molecule has 94 valence electrons. The topological polar surface area (TPSA) is 52.5 Å². The lowest BCUT2D eigenvalue weighted by Crippen LogP contribution is -2.04. The second kappa shape index (κ2) is 4.26. The van der Waals surface area contributed by atoms with Crippen molar-refractivity contribution >= 4 is 26.5 Å². The van der Waals surface area contributed by atoms with Crippen molar-refractivity contribution in [2.75, 3.05) is 6.61 Å². The second-order valence-electron chi connectivity index (χ2n) is 4.27. The minimum Gasteiger partial charge on any atom is -0.494 e. The quantitative estimate of drug-likeness (QED) is 0.788. The SMILES string of the molecule is CCOc1ccc2c(c1)sc1nc(C(C)N)cn12. The Balaban J connectivity index is 2.17. The van der Waals surface area contributed by atoms with E-state index in [4.69, 9.17) is 10.5 Å². The zero-order valence-electron chi connectivity index (χ0n) is 10.4. The summed E-state index contributed by atoms with van der Waals surface area (Å²) in [6.07, 6.45) is 2.01. The van der Waals surface area contributed by atoms with E-state index >= 15 is 0 Å². The van der Waals surface area contributed by atoms with Gasteiger partial charge in [0.25, 0.3) is 0 Å². The van der Waals surface area contributed by atoms with Crippen LogP contribution in [-0.2, 0) is 0 Å². The van der Waals surface area contributed by atoms with Gasteiger partial charge in [0.15, 0.2) is 4.96 Å². The number of hydrogen-bond acceptors (Lipinski definition) is 4. The van der Waals surface area contributed by atoms with Gasteiger partial charge >= 0.3 is 0 Å². The molecule has 0 radical (unpaired) electrons. The Hall–Kier alpha value is -1.59. The summed E-state index contributed by atoms with van der Waals surface area (Å²) in [6, 6.07) is 6.08. The Morgan fingerprint density at radius 1 is 1.50 bits per heavy atom. The van der Waals surface area contributed by atoms with Crippen LogP contribution in [0.4, 0.5) is 0 Å². The fourth-order valence-corrected chi connectivity index (χ4v) is 3.02. The molecule has 0 amide bonds. The van der Waals surface area contributed by atoms with Gasteiger partial charge in [0, 0.05) is 12.2 Å². The number of aromatic nitrogens is 2. The highest BCUT2D eigenvalue weighted by molar-refractivity contribution is 7.23. The molecule has 0 aliphatic rings. The van der Waals surface area contributed by atoms with Crippen LogP contribution in [0.5, 0.6) is 5.75 Å². The first-order valence-electron chi connectivity index (χ1n) is 5.99. The second-order valence-corrected chi connectivity index (χ2v) is 5.28. The summed E-state index contributed by atoms with van der Waals surface area (Å²) in [7, 11) is 0. The van der Waals surface area contributed by atoms with Crippen molar-refractivity contribution in [1.29, 1.82) is 0 Å². The number of benzene rings is 1. The molecular formula is C13H15N3OS. The van der Waals surface area contributed by atoms with Gasteiger partial charge in [-0.3, -0.25) is 4.40 Å². The summed E-state index contributed by atoms with van der Waals surface area (Å²) < 4.78 is 8.78. The van der Waals surface area contributed by atoms with E-state index in [-0.39, 0.29) is 6.04 Å². The fraction of sp³-hybridized carbons (Fsp3) is 0.308. The maximum Gasteiger partial charge on any atom is 0.195 e. The Morgan fingerprint density at radius 2 is 2.33 bits per heavy atom. The molecule has 2 heterocycles. The van der Waals surface area contributed by atoms with Gasteiger partial charge in [-0.25, -0.2) is 4.98 Å². The minimum atomic E-state index is -0.0325. The largest absolute Gasteiger partial charge is 0.494 e. The molecule has 0 fully saturated rings. The Labute approximate surface area is 109 Å². The first-order valence-corrected chi connectivity index (χ1v) is 6.80. The van der Waals surface area contributed by atoms with Crippen molar-refractivity contribution in [3.05, 3.63) is 30.1 Å². The first kappa shape index (κ1) is 11.5. The molecule has 3 rings (SSSR count). The van der Waals surface area contributed by atoms with Gasteiger partial charge in [0.2, 0.25) is 0 Å². The molecule has 0 aliphatic heterocycles. The van der Waals surface area contributed by atoms with E-state index in [0.29, 0.717) is 6.61 Å². The van der Waals surface area contributed by atoms with Crippen LogP contribution in [0, 0.1) is 0 Å². The van der Waals surface area contributed by atoms with E-state index in [2.05, 4.69) is 21.5 Å². The molecule has 0 saturated heterocycles. The van der Waals surface area contributed by atoms with E-state index in [9.17, 15) is 0 Å². The number of ether oxygens (including phenoxy) is 1. The molecule has 0 spiro atoms. The number of nitrogens with zero attached hydrogens (tertiary/aromatic N) is 2. The number of rotatable bonds is 3. The van der Waals surface area contributed by atoms with Crippen LogP contribution >= 0.6 is 11.3 Å². The summed E-state index contributed by atoms with van der Waals surface area (Å²) >= 11 is 1.66. The van der Waals surface area contributed by atoms with Crippen molar-refractivity contribution in [3.8, 4) is 5.75 Å². The van der Waals surface area contributed by atoms with Crippen molar-refractivity contribution < 1.29 is 4.74 Å². The smallest absolute Gasteiger partial charge is 0.195 e. The molecular weight excluding hydrogens is 246 g/mol. The van der Waals surface area contributed by atoms with Crippen LogP contribution in [0.25, 0.3) is 15.2 Å². The number of fused-ring (bicyclic) bond motifs is 3. The molecule has 0 saturated carbocycles. The highest BCUT2D eigenvalue weighted by Gasteiger charge is 2.11. The van der Waals surface area contributed by atoms with Gasteiger partial charge in [-0.05, 0) is 32.0 Å². The molecule has 1 unspecified atom stereocenters. The first-order chi connectivity index (χ1) is 8.69. The van der Waals surface area contributed by atoms with Gasteiger partial charge in [0.1, 0.15) is 5.75 Å². The maximum absolute atomic E-state index is 5.85. The van der Waals surface area contributed by atoms with Gasteiger partial charge in [0.05, 0.1) is 22.5 Å². The Kier molecular flexibility index (Phi) is 2.72. The summed E-state index contributed by atoms with van der Waals surface area (Å²) in [5.41, 5.74) is 7.93. The number of nitrogens with two attached hydrogens (primary N) is 1. The lowest BCUT2D eigenvalue weighted by Gasteiger charge is -2.02. The summed E-state index contributed by atoms with van der Waals surface area (Å²) in [6.45, 7) is 4.62. The summed E-state index contributed by atoms with van der Waals surface area (Å²) in [5, 5.41) is 0. The minimum absolute atomic E-state index is 0.0325. The van der Waals surface area contributed by atoms with Crippen LogP contribution in [0.2, 0.25) is 0 Å². The number of hydrogen-bond donors (Lipinski definition) is 1. The average molecular weight is 261 g/mol. The predicted molar refractivity (Wildman–Crippen MR) is 74.3 cm³/mol. The molecule has 1 aromatic carbocycles. The normalized spacial score (nSPS) is 13.3. The fourth-order valence-electron chi connectivity index (χ4n) is 1.97. The third-order valence-electron chi connectivity index (χ3n) is 2.86. The van der Waals surface area contributed by atoms with E-state index in [1.807, 2.05) is 26.1 Å². The molecule has 4 nitrogen and oxygen atoms in total.